The Morgan fingerprint density at radius 3 is 2.39 bits per heavy atom. The normalized spacial score (nSPS) is 17.5. The predicted octanol–water partition coefficient (Wildman–Crippen LogP) is 0.984. The second kappa shape index (κ2) is 8.81. The summed E-state index contributed by atoms with van der Waals surface area (Å²) in [6.07, 6.45) is 8.69. The number of aromatic nitrogens is 4. The van der Waals surface area contributed by atoms with Crippen LogP contribution in [0.3, 0.4) is 0 Å². The summed E-state index contributed by atoms with van der Waals surface area (Å²) in [5.41, 5.74) is 0. The van der Waals surface area contributed by atoms with E-state index >= 15 is 0 Å². The number of nitrogens with zero attached hydrogens (tertiary/aromatic N) is 7. The van der Waals surface area contributed by atoms with Gasteiger partial charge in [0.25, 0.3) is 5.91 Å². The van der Waals surface area contributed by atoms with Gasteiger partial charge in [-0.05, 0) is 31.4 Å². The number of carbonyl (C=O) groups is 1. The van der Waals surface area contributed by atoms with E-state index in [4.69, 9.17) is 9.72 Å². The van der Waals surface area contributed by atoms with Crippen molar-refractivity contribution < 1.29 is 9.53 Å². The van der Waals surface area contributed by atoms with Gasteiger partial charge in [-0.2, -0.15) is 4.98 Å². The van der Waals surface area contributed by atoms with Crippen LogP contribution < -0.4 is 14.5 Å². The van der Waals surface area contributed by atoms with Gasteiger partial charge in [0, 0.05) is 57.9 Å². The zero-order valence-corrected chi connectivity index (χ0v) is 15.9. The lowest BCUT2D eigenvalue weighted by atomic mass is 10.1. The van der Waals surface area contributed by atoms with E-state index < -0.39 is 0 Å². The molecule has 9 heteroatoms. The molecule has 2 aromatic rings. The Morgan fingerprint density at radius 2 is 1.64 bits per heavy atom. The van der Waals surface area contributed by atoms with Gasteiger partial charge in [-0.1, -0.05) is 0 Å². The maximum Gasteiger partial charge on any atom is 0.316 e. The van der Waals surface area contributed by atoms with Crippen LogP contribution in [0, 0.1) is 0 Å². The molecule has 0 atom stereocenters. The van der Waals surface area contributed by atoms with Crippen LogP contribution in [-0.2, 0) is 4.79 Å². The molecule has 2 aromatic heterocycles. The van der Waals surface area contributed by atoms with Crippen molar-refractivity contribution in [1.82, 2.24) is 24.8 Å². The summed E-state index contributed by atoms with van der Waals surface area (Å²) in [6, 6.07) is 3.87. The Hall–Kier alpha value is -2.97. The van der Waals surface area contributed by atoms with Crippen LogP contribution in [0.4, 0.5) is 11.8 Å². The minimum atomic E-state index is -0.0520. The maximum absolute atomic E-state index is 12.4. The van der Waals surface area contributed by atoms with E-state index in [1.807, 2.05) is 17.2 Å². The maximum atomic E-state index is 12.4. The highest BCUT2D eigenvalue weighted by molar-refractivity contribution is 5.78. The van der Waals surface area contributed by atoms with Gasteiger partial charge in [0.15, 0.2) is 6.61 Å². The van der Waals surface area contributed by atoms with Crippen LogP contribution in [0.15, 0.2) is 30.7 Å². The van der Waals surface area contributed by atoms with Crippen molar-refractivity contribution in [2.45, 2.75) is 19.3 Å². The summed E-state index contributed by atoms with van der Waals surface area (Å²) in [5.74, 6) is 1.69. The van der Waals surface area contributed by atoms with Gasteiger partial charge in [-0.3, -0.25) is 4.79 Å². The monoisotopic (exact) mass is 383 g/mol. The molecular weight excluding hydrogens is 358 g/mol. The van der Waals surface area contributed by atoms with Gasteiger partial charge in [-0.15, -0.1) is 0 Å². The van der Waals surface area contributed by atoms with Crippen molar-refractivity contribution in [3.8, 4) is 6.01 Å². The lowest BCUT2D eigenvalue weighted by Gasteiger charge is -2.35. The van der Waals surface area contributed by atoms with Crippen LogP contribution in [0.5, 0.6) is 6.01 Å². The molecule has 1 amide bonds. The van der Waals surface area contributed by atoms with Crippen molar-refractivity contribution in [1.29, 1.82) is 0 Å². The number of rotatable bonds is 5. The molecule has 0 radical (unpaired) electrons. The Labute approximate surface area is 164 Å². The average Bonchev–Trinajstić information content (AvgIpc) is 2.79. The molecule has 0 saturated carbocycles. The second-order valence-corrected chi connectivity index (χ2v) is 6.95. The first kappa shape index (κ1) is 18.4. The molecule has 2 aliphatic rings. The van der Waals surface area contributed by atoms with Crippen molar-refractivity contribution >= 4 is 17.7 Å². The number of anilines is 2. The molecule has 0 N–H and O–H groups in total. The second-order valence-electron chi connectivity index (χ2n) is 6.95. The zero-order chi connectivity index (χ0) is 19.2. The summed E-state index contributed by atoms with van der Waals surface area (Å²) in [4.78, 5) is 35.8. The first-order valence-corrected chi connectivity index (χ1v) is 9.80. The number of piperazine rings is 1. The fourth-order valence-electron chi connectivity index (χ4n) is 3.52. The minimum Gasteiger partial charge on any atom is -0.453 e. The van der Waals surface area contributed by atoms with Crippen LogP contribution in [-0.4, -0.2) is 76.6 Å². The number of hydrogen-bond acceptors (Lipinski definition) is 8. The number of amides is 1. The van der Waals surface area contributed by atoms with Gasteiger partial charge in [-0.25, -0.2) is 15.0 Å². The lowest BCUT2D eigenvalue weighted by Crippen LogP contribution is -2.50. The smallest absolute Gasteiger partial charge is 0.316 e. The van der Waals surface area contributed by atoms with E-state index in [0.717, 1.165) is 37.9 Å². The van der Waals surface area contributed by atoms with Crippen LogP contribution in [0.1, 0.15) is 19.3 Å². The summed E-state index contributed by atoms with van der Waals surface area (Å²) in [7, 11) is 0. The molecule has 0 spiro atoms. The van der Waals surface area contributed by atoms with Crippen molar-refractivity contribution in [2.75, 3.05) is 55.7 Å². The molecule has 4 heterocycles. The first-order chi connectivity index (χ1) is 13.8. The molecule has 4 rings (SSSR count). The topological polar surface area (TPSA) is 87.6 Å². The highest BCUT2D eigenvalue weighted by atomic mass is 16.5. The van der Waals surface area contributed by atoms with Crippen LogP contribution in [0.2, 0.25) is 0 Å². The molecule has 9 nitrogen and oxygen atoms in total. The highest BCUT2D eigenvalue weighted by Gasteiger charge is 2.23. The molecule has 2 aliphatic heterocycles. The third-order valence-corrected chi connectivity index (χ3v) is 5.09. The summed E-state index contributed by atoms with van der Waals surface area (Å²) >= 11 is 0. The third kappa shape index (κ3) is 4.47. The average molecular weight is 383 g/mol. The molecule has 0 unspecified atom stereocenters. The largest absolute Gasteiger partial charge is 0.453 e. The summed E-state index contributed by atoms with van der Waals surface area (Å²) < 4.78 is 5.36. The summed E-state index contributed by atoms with van der Waals surface area (Å²) in [6.45, 7) is 4.76. The molecule has 2 saturated heterocycles. The number of piperidine rings is 1. The molecule has 2 fully saturated rings. The predicted molar refractivity (Wildman–Crippen MR) is 104 cm³/mol. The molecule has 148 valence electrons. The van der Waals surface area contributed by atoms with E-state index in [2.05, 4.69) is 24.8 Å². The standard InChI is InChI=1S/C19H25N7O2/c27-17(15-28-19-21-6-4-7-22-19)25-13-11-24(12-14-25)16-5-8-20-18(23-16)26-9-2-1-3-10-26/h4-8H,1-3,9-15H2. The third-order valence-electron chi connectivity index (χ3n) is 5.09. The van der Waals surface area contributed by atoms with Crippen LogP contribution >= 0.6 is 0 Å². The SMILES string of the molecule is O=C(COc1ncccn1)N1CCN(c2ccnc(N3CCCCC3)n2)CC1. The lowest BCUT2D eigenvalue weighted by molar-refractivity contribution is -0.133. The van der Waals surface area contributed by atoms with Gasteiger partial charge < -0.3 is 19.4 Å². The van der Waals surface area contributed by atoms with E-state index in [9.17, 15) is 4.79 Å². The quantitative estimate of drug-likeness (QED) is 0.755. The molecule has 28 heavy (non-hydrogen) atoms. The Kier molecular flexibility index (Phi) is 5.79. The number of hydrogen-bond donors (Lipinski definition) is 0. The van der Waals surface area contributed by atoms with E-state index in [1.54, 1.807) is 18.5 Å². The Bertz CT molecular complexity index is 775. The molecule has 0 aromatic carbocycles. The van der Waals surface area contributed by atoms with Gasteiger partial charge in [0.1, 0.15) is 5.82 Å². The minimum absolute atomic E-state index is 0.0450. The number of ether oxygens (including phenoxy) is 1. The molecular formula is C19H25N7O2. The zero-order valence-electron chi connectivity index (χ0n) is 15.9. The fraction of sp³-hybridized carbons (Fsp3) is 0.526. The van der Waals surface area contributed by atoms with Gasteiger partial charge in [0.2, 0.25) is 5.95 Å². The van der Waals surface area contributed by atoms with E-state index in [1.165, 1.54) is 19.3 Å². The van der Waals surface area contributed by atoms with Crippen molar-refractivity contribution in [3.63, 3.8) is 0 Å². The highest BCUT2D eigenvalue weighted by Crippen LogP contribution is 2.20. The summed E-state index contributed by atoms with van der Waals surface area (Å²) in [5, 5.41) is 0. The van der Waals surface area contributed by atoms with E-state index in [0.29, 0.717) is 13.1 Å². The van der Waals surface area contributed by atoms with E-state index in [-0.39, 0.29) is 18.5 Å². The van der Waals surface area contributed by atoms with Gasteiger partial charge in [0.05, 0.1) is 0 Å². The first-order valence-electron chi connectivity index (χ1n) is 9.80. The van der Waals surface area contributed by atoms with Crippen LogP contribution in [0.25, 0.3) is 0 Å². The Balaban J connectivity index is 1.29. The molecule has 0 aliphatic carbocycles. The molecule has 0 bridgehead atoms. The fourth-order valence-corrected chi connectivity index (χ4v) is 3.52. The Morgan fingerprint density at radius 1 is 0.893 bits per heavy atom. The van der Waals surface area contributed by atoms with Gasteiger partial charge >= 0.3 is 6.01 Å². The number of carbonyl (C=O) groups excluding carboxylic acids is 1. The van der Waals surface area contributed by atoms with Crippen molar-refractivity contribution in [2.24, 2.45) is 0 Å². The van der Waals surface area contributed by atoms with Crippen molar-refractivity contribution in [3.05, 3.63) is 30.7 Å².